The molecule has 1 atom stereocenters. The van der Waals surface area contributed by atoms with E-state index in [1.165, 1.54) is 6.33 Å². The molecule has 2 aromatic carbocycles. The van der Waals surface area contributed by atoms with E-state index in [4.69, 9.17) is 0 Å². The molecule has 0 saturated carbocycles. The highest BCUT2D eigenvalue weighted by atomic mass is 16.1. The summed E-state index contributed by atoms with van der Waals surface area (Å²) >= 11 is 0. The molecule has 3 rings (SSSR count). The largest absolute Gasteiger partial charge is 0.326 e. The molecule has 1 N–H and O–H groups in total. The molecule has 0 bridgehead atoms. The second-order valence-electron chi connectivity index (χ2n) is 5.65. The average molecular weight is 320 g/mol. The standard InChI is InChI=1S/C19H20N4O/c1-2-18(16-6-4-3-5-7-16)19(24)22-17-10-8-15(9-11-17)12-23-14-20-13-21-23/h3-11,13-14,18H,2,12H2,1H3,(H,22,24). The fourth-order valence-electron chi connectivity index (χ4n) is 2.68. The number of aromatic nitrogens is 3. The predicted octanol–water partition coefficient (Wildman–Crippen LogP) is 3.46. The SMILES string of the molecule is CCC(C(=O)Nc1ccc(Cn2cncn2)cc1)c1ccccc1. The molecular weight excluding hydrogens is 300 g/mol. The first-order valence-corrected chi connectivity index (χ1v) is 8.03. The van der Waals surface area contributed by atoms with Gasteiger partial charge < -0.3 is 5.32 Å². The zero-order valence-corrected chi connectivity index (χ0v) is 13.6. The molecule has 0 aliphatic rings. The van der Waals surface area contributed by atoms with Gasteiger partial charge in [0.1, 0.15) is 12.7 Å². The Morgan fingerprint density at radius 3 is 2.50 bits per heavy atom. The zero-order valence-electron chi connectivity index (χ0n) is 13.6. The van der Waals surface area contributed by atoms with Gasteiger partial charge in [0.15, 0.2) is 0 Å². The minimum Gasteiger partial charge on any atom is -0.326 e. The van der Waals surface area contributed by atoms with Crippen LogP contribution in [0.3, 0.4) is 0 Å². The maximum absolute atomic E-state index is 12.6. The van der Waals surface area contributed by atoms with Crippen molar-refractivity contribution in [2.75, 3.05) is 5.32 Å². The predicted molar refractivity (Wildman–Crippen MR) is 93.7 cm³/mol. The van der Waals surface area contributed by atoms with Crippen molar-refractivity contribution in [2.24, 2.45) is 0 Å². The minimum absolute atomic E-state index is 0.0210. The lowest BCUT2D eigenvalue weighted by atomic mass is 9.95. The van der Waals surface area contributed by atoms with E-state index in [0.717, 1.165) is 23.2 Å². The lowest BCUT2D eigenvalue weighted by molar-refractivity contribution is -0.117. The highest BCUT2D eigenvalue weighted by Gasteiger charge is 2.18. The second-order valence-corrected chi connectivity index (χ2v) is 5.65. The third-order valence-electron chi connectivity index (χ3n) is 3.96. The summed E-state index contributed by atoms with van der Waals surface area (Å²) in [6.45, 7) is 2.69. The van der Waals surface area contributed by atoms with Gasteiger partial charge in [-0.15, -0.1) is 0 Å². The third kappa shape index (κ3) is 3.87. The van der Waals surface area contributed by atoms with Crippen molar-refractivity contribution in [1.82, 2.24) is 14.8 Å². The van der Waals surface area contributed by atoms with Gasteiger partial charge >= 0.3 is 0 Å². The number of anilines is 1. The monoisotopic (exact) mass is 320 g/mol. The maximum Gasteiger partial charge on any atom is 0.231 e. The van der Waals surface area contributed by atoms with E-state index in [9.17, 15) is 4.79 Å². The van der Waals surface area contributed by atoms with E-state index in [1.54, 1.807) is 11.0 Å². The molecule has 0 aliphatic carbocycles. The van der Waals surface area contributed by atoms with E-state index < -0.39 is 0 Å². The van der Waals surface area contributed by atoms with Crippen LogP contribution >= 0.6 is 0 Å². The number of nitrogens with zero attached hydrogens (tertiary/aromatic N) is 3. The highest BCUT2D eigenvalue weighted by molar-refractivity contribution is 5.95. The summed E-state index contributed by atoms with van der Waals surface area (Å²) in [7, 11) is 0. The molecule has 24 heavy (non-hydrogen) atoms. The summed E-state index contributed by atoms with van der Waals surface area (Å²) in [5.74, 6) is -0.117. The Balaban J connectivity index is 1.65. The average Bonchev–Trinajstić information content (AvgIpc) is 3.11. The summed E-state index contributed by atoms with van der Waals surface area (Å²) in [5.41, 5.74) is 2.95. The van der Waals surface area contributed by atoms with E-state index in [0.29, 0.717) is 6.54 Å². The number of carbonyl (C=O) groups is 1. The van der Waals surface area contributed by atoms with Crippen molar-refractivity contribution >= 4 is 11.6 Å². The van der Waals surface area contributed by atoms with Gasteiger partial charge in [-0.05, 0) is 29.7 Å². The Hall–Kier alpha value is -2.95. The van der Waals surface area contributed by atoms with Crippen LogP contribution in [0.2, 0.25) is 0 Å². The van der Waals surface area contributed by atoms with E-state index in [1.807, 2.05) is 61.5 Å². The first-order valence-electron chi connectivity index (χ1n) is 8.03. The highest BCUT2D eigenvalue weighted by Crippen LogP contribution is 2.21. The van der Waals surface area contributed by atoms with Gasteiger partial charge in [0.2, 0.25) is 5.91 Å². The number of rotatable bonds is 6. The molecule has 0 fully saturated rings. The lowest BCUT2D eigenvalue weighted by Crippen LogP contribution is -2.20. The van der Waals surface area contributed by atoms with Crippen LogP contribution in [-0.2, 0) is 11.3 Å². The third-order valence-corrected chi connectivity index (χ3v) is 3.96. The van der Waals surface area contributed by atoms with Crippen LogP contribution in [0, 0.1) is 0 Å². The van der Waals surface area contributed by atoms with Gasteiger partial charge in [-0.2, -0.15) is 5.10 Å². The fraction of sp³-hybridized carbons (Fsp3) is 0.211. The molecule has 122 valence electrons. The topological polar surface area (TPSA) is 59.8 Å². The van der Waals surface area contributed by atoms with Gasteiger partial charge in [-0.3, -0.25) is 4.79 Å². The quantitative estimate of drug-likeness (QED) is 0.756. The molecule has 5 nitrogen and oxygen atoms in total. The fourth-order valence-corrected chi connectivity index (χ4v) is 2.68. The Bertz CT molecular complexity index is 767. The summed E-state index contributed by atoms with van der Waals surface area (Å²) in [6, 6.07) is 17.7. The van der Waals surface area contributed by atoms with Crippen molar-refractivity contribution in [3.8, 4) is 0 Å². The van der Waals surface area contributed by atoms with Gasteiger partial charge in [0.05, 0.1) is 12.5 Å². The van der Waals surface area contributed by atoms with Gasteiger partial charge in [-0.25, -0.2) is 9.67 Å². The molecule has 5 heteroatoms. The molecule has 1 heterocycles. The molecule has 1 unspecified atom stereocenters. The maximum atomic E-state index is 12.6. The van der Waals surface area contributed by atoms with Crippen molar-refractivity contribution in [2.45, 2.75) is 25.8 Å². The second kappa shape index (κ2) is 7.55. The summed E-state index contributed by atoms with van der Waals surface area (Å²) < 4.78 is 1.76. The van der Waals surface area contributed by atoms with Crippen LogP contribution < -0.4 is 5.32 Å². The first-order chi connectivity index (χ1) is 11.8. The van der Waals surface area contributed by atoms with Crippen LogP contribution in [0.25, 0.3) is 0 Å². The van der Waals surface area contributed by atoms with Crippen molar-refractivity contribution in [1.29, 1.82) is 0 Å². The summed E-state index contributed by atoms with van der Waals surface area (Å²) in [4.78, 5) is 16.5. The number of nitrogens with one attached hydrogen (secondary N) is 1. The Labute approximate surface area is 141 Å². The van der Waals surface area contributed by atoms with Crippen LogP contribution in [-0.4, -0.2) is 20.7 Å². The normalized spacial score (nSPS) is 11.9. The molecular formula is C19H20N4O. The number of benzene rings is 2. The molecule has 3 aromatic rings. The van der Waals surface area contributed by atoms with Crippen molar-refractivity contribution in [3.63, 3.8) is 0 Å². The molecule has 0 spiro atoms. The van der Waals surface area contributed by atoms with E-state index in [-0.39, 0.29) is 11.8 Å². The first kappa shape index (κ1) is 15.9. The van der Waals surface area contributed by atoms with Gasteiger partial charge in [-0.1, -0.05) is 49.4 Å². The molecule has 0 radical (unpaired) electrons. The molecule has 0 aliphatic heterocycles. The molecule has 1 amide bonds. The molecule has 0 saturated heterocycles. The van der Waals surface area contributed by atoms with Crippen LogP contribution in [0.15, 0.2) is 67.3 Å². The zero-order chi connectivity index (χ0) is 16.8. The van der Waals surface area contributed by atoms with E-state index in [2.05, 4.69) is 15.4 Å². The Morgan fingerprint density at radius 2 is 1.88 bits per heavy atom. The van der Waals surface area contributed by atoms with Gasteiger partial charge in [0, 0.05) is 5.69 Å². The Kier molecular flexibility index (Phi) is 5.01. The van der Waals surface area contributed by atoms with Crippen LogP contribution in [0.4, 0.5) is 5.69 Å². The number of amides is 1. The van der Waals surface area contributed by atoms with Crippen molar-refractivity contribution in [3.05, 3.63) is 78.4 Å². The van der Waals surface area contributed by atoms with Crippen molar-refractivity contribution < 1.29 is 4.79 Å². The summed E-state index contributed by atoms with van der Waals surface area (Å²) in [5, 5.41) is 7.09. The van der Waals surface area contributed by atoms with Gasteiger partial charge in [0.25, 0.3) is 0 Å². The number of hydrogen-bond donors (Lipinski definition) is 1. The molecule has 1 aromatic heterocycles. The number of carbonyl (C=O) groups excluding carboxylic acids is 1. The van der Waals surface area contributed by atoms with Crippen LogP contribution in [0.1, 0.15) is 30.4 Å². The van der Waals surface area contributed by atoms with E-state index >= 15 is 0 Å². The lowest BCUT2D eigenvalue weighted by Gasteiger charge is -2.15. The Morgan fingerprint density at radius 1 is 1.12 bits per heavy atom. The number of hydrogen-bond acceptors (Lipinski definition) is 3. The summed E-state index contributed by atoms with van der Waals surface area (Å²) in [6.07, 6.45) is 3.96. The smallest absolute Gasteiger partial charge is 0.231 e. The van der Waals surface area contributed by atoms with Crippen LogP contribution in [0.5, 0.6) is 0 Å². The minimum atomic E-state index is -0.138.